The van der Waals surface area contributed by atoms with Gasteiger partial charge in [-0.25, -0.2) is 0 Å². The van der Waals surface area contributed by atoms with Crippen LogP contribution in [0.25, 0.3) is 0 Å². The Morgan fingerprint density at radius 3 is 2.71 bits per heavy atom. The van der Waals surface area contributed by atoms with Crippen LogP contribution in [-0.4, -0.2) is 12.6 Å². The molecule has 0 bridgehead atoms. The van der Waals surface area contributed by atoms with Crippen molar-refractivity contribution in [2.24, 2.45) is 11.7 Å². The second-order valence-electron chi connectivity index (χ2n) is 6.36. The highest BCUT2D eigenvalue weighted by Gasteiger charge is 2.31. The highest BCUT2D eigenvalue weighted by atomic mass is 32.1. The Morgan fingerprint density at radius 1 is 1.29 bits per heavy atom. The average molecular weight is 300 g/mol. The van der Waals surface area contributed by atoms with Gasteiger partial charge in [-0.05, 0) is 54.8 Å². The van der Waals surface area contributed by atoms with Gasteiger partial charge in [-0.1, -0.05) is 25.1 Å². The lowest BCUT2D eigenvalue weighted by Crippen LogP contribution is -2.44. The Labute approximate surface area is 131 Å². The van der Waals surface area contributed by atoms with E-state index in [1.807, 2.05) is 11.3 Å². The van der Waals surface area contributed by atoms with Crippen molar-refractivity contribution < 1.29 is 0 Å². The molecule has 0 radical (unpaired) electrons. The SMILES string of the molecule is Cc1ccsc1C(C(C)N)N1CC(C)Cc2ccccc21. The summed E-state index contributed by atoms with van der Waals surface area (Å²) in [4.78, 5) is 3.95. The van der Waals surface area contributed by atoms with Gasteiger partial charge in [0.15, 0.2) is 0 Å². The van der Waals surface area contributed by atoms with Crippen molar-refractivity contribution in [2.75, 3.05) is 11.4 Å². The third kappa shape index (κ3) is 2.72. The molecule has 21 heavy (non-hydrogen) atoms. The number of hydrogen-bond donors (Lipinski definition) is 1. The van der Waals surface area contributed by atoms with E-state index in [9.17, 15) is 0 Å². The van der Waals surface area contributed by atoms with Crippen LogP contribution >= 0.6 is 11.3 Å². The average Bonchev–Trinajstić information content (AvgIpc) is 2.85. The van der Waals surface area contributed by atoms with Crippen molar-refractivity contribution in [3.63, 3.8) is 0 Å². The Kier molecular flexibility index (Phi) is 4.05. The summed E-state index contributed by atoms with van der Waals surface area (Å²) in [5.41, 5.74) is 10.6. The van der Waals surface area contributed by atoms with Crippen LogP contribution in [0.2, 0.25) is 0 Å². The van der Waals surface area contributed by atoms with Gasteiger partial charge in [0.1, 0.15) is 0 Å². The number of nitrogens with zero attached hydrogens (tertiary/aromatic N) is 1. The van der Waals surface area contributed by atoms with Crippen molar-refractivity contribution >= 4 is 17.0 Å². The topological polar surface area (TPSA) is 29.3 Å². The first kappa shape index (κ1) is 14.6. The molecule has 0 fully saturated rings. The molecule has 1 aromatic carbocycles. The standard InChI is InChI=1S/C18H24N2S/c1-12-10-15-6-4-5-7-16(15)20(11-12)17(14(3)19)18-13(2)8-9-21-18/h4-9,12,14,17H,10-11,19H2,1-3H3. The van der Waals surface area contributed by atoms with Gasteiger partial charge in [0.05, 0.1) is 6.04 Å². The summed E-state index contributed by atoms with van der Waals surface area (Å²) in [6, 6.07) is 11.4. The third-order valence-corrected chi connectivity index (χ3v) is 5.47. The minimum atomic E-state index is 0.112. The molecular formula is C18H24N2S. The number of benzene rings is 1. The summed E-state index contributed by atoms with van der Waals surface area (Å²) in [7, 11) is 0. The maximum absolute atomic E-state index is 6.40. The number of anilines is 1. The molecule has 0 spiro atoms. The molecule has 3 unspecified atom stereocenters. The number of thiophene rings is 1. The minimum Gasteiger partial charge on any atom is -0.362 e. The van der Waals surface area contributed by atoms with Gasteiger partial charge in [-0.2, -0.15) is 0 Å². The van der Waals surface area contributed by atoms with E-state index >= 15 is 0 Å². The van der Waals surface area contributed by atoms with E-state index in [-0.39, 0.29) is 12.1 Å². The monoisotopic (exact) mass is 300 g/mol. The van der Waals surface area contributed by atoms with Crippen LogP contribution in [-0.2, 0) is 6.42 Å². The molecule has 1 aromatic heterocycles. The van der Waals surface area contributed by atoms with Crippen LogP contribution < -0.4 is 10.6 Å². The summed E-state index contributed by atoms with van der Waals surface area (Å²) >= 11 is 1.83. The second-order valence-corrected chi connectivity index (χ2v) is 7.31. The highest BCUT2D eigenvalue weighted by molar-refractivity contribution is 7.10. The summed E-state index contributed by atoms with van der Waals surface area (Å²) in [6.07, 6.45) is 1.17. The van der Waals surface area contributed by atoms with Gasteiger partial charge in [-0.15, -0.1) is 11.3 Å². The largest absolute Gasteiger partial charge is 0.362 e. The Hall–Kier alpha value is -1.32. The maximum Gasteiger partial charge on any atom is 0.0785 e. The van der Waals surface area contributed by atoms with Gasteiger partial charge < -0.3 is 10.6 Å². The van der Waals surface area contributed by atoms with Crippen molar-refractivity contribution in [3.8, 4) is 0 Å². The molecular weight excluding hydrogens is 276 g/mol. The van der Waals surface area contributed by atoms with Crippen LogP contribution in [0.3, 0.4) is 0 Å². The molecule has 3 atom stereocenters. The molecule has 2 nitrogen and oxygen atoms in total. The highest BCUT2D eigenvalue weighted by Crippen LogP contribution is 2.39. The van der Waals surface area contributed by atoms with E-state index in [1.165, 1.54) is 28.1 Å². The molecule has 2 N–H and O–H groups in total. The van der Waals surface area contributed by atoms with E-state index in [1.54, 1.807) is 0 Å². The fraction of sp³-hybridized carbons (Fsp3) is 0.444. The smallest absolute Gasteiger partial charge is 0.0785 e. The molecule has 3 rings (SSSR count). The lowest BCUT2D eigenvalue weighted by atomic mass is 9.91. The lowest BCUT2D eigenvalue weighted by molar-refractivity contribution is 0.456. The van der Waals surface area contributed by atoms with E-state index in [0.717, 1.165) is 6.54 Å². The predicted molar refractivity (Wildman–Crippen MR) is 92.1 cm³/mol. The zero-order valence-electron chi connectivity index (χ0n) is 13.0. The zero-order valence-corrected chi connectivity index (χ0v) is 13.9. The summed E-state index contributed by atoms with van der Waals surface area (Å²) in [5.74, 6) is 0.668. The number of rotatable bonds is 3. The first-order valence-electron chi connectivity index (χ1n) is 7.72. The van der Waals surface area contributed by atoms with Crippen molar-refractivity contribution in [1.82, 2.24) is 0 Å². The summed E-state index contributed by atoms with van der Waals surface area (Å²) in [6.45, 7) is 7.75. The van der Waals surface area contributed by atoms with Gasteiger partial charge in [0.25, 0.3) is 0 Å². The Balaban J connectivity index is 2.06. The normalized spacial score (nSPS) is 21.0. The van der Waals surface area contributed by atoms with E-state index in [2.05, 4.69) is 61.4 Å². The fourth-order valence-corrected chi connectivity index (χ4v) is 4.61. The molecule has 2 heterocycles. The predicted octanol–water partition coefficient (Wildman–Crippen LogP) is 4.14. The van der Waals surface area contributed by atoms with Crippen molar-refractivity contribution in [1.29, 1.82) is 0 Å². The molecule has 0 amide bonds. The van der Waals surface area contributed by atoms with Gasteiger partial charge >= 0.3 is 0 Å². The number of para-hydroxylation sites is 1. The van der Waals surface area contributed by atoms with E-state index in [0.29, 0.717) is 5.92 Å². The van der Waals surface area contributed by atoms with Gasteiger partial charge in [0.2, 0.25) is 0 Å². The molecule has 0 saturated carbocycles. The second kappa shape index (κ2) is 5.82. The first-order chi connectivity index (χ1) is 10.1. The van der Waals surface area contributed by atoms with Crippen LogP contribution in [0.4, 0.5) is 5.69 Å². The van der Waals surface area contributed by atoms with Crippen LogP contribution in [0.1, 0.15) is 35.9 Å². The van der Waals surface area contributed by atoms with Crippen LogP contribution in [0.5, 0.6) is 0 Å². The molecule has 0 aliphatic carbocycles. The van der Waals surface area contributed by atoms with Crippen LogP contribution in [0, 0.1) is 12.8 Å². The molecule has 112 valence electrons. The zero-order chi connectivity index (χ0) is 15.0. The lowest BCUT2D eigenvalue weighted by Gasteiger charge is -2.42. The number of nitrogens with two attached hydrogens (primary N) is 1. The molecule has 1 aliphatic heterocycles. The van der Waals surface area contributed by atoms with E-state index in [4.69, 9.17) is 5.73 Å². The molecule has 2 aromatic rings. The fourth-order valence-electron chi connectivity index (χ4n) is 3.45. The minimum absolute atomic E-state index is 0.112. The summed E-state index contributed by atoms with van der Waals surface area (Å²) < 4.78 is 0. The maximum atomic E-state index is 6.40. The van der Waals surface area contributed by atoms with Crippen molar-refractivity contribution in [2.45, 2.75) is 39.3 Å². The number of fused-ring (bicyclic) bond motifs is 1. The quantitative estimate of drug-likeness (QED) is 0.923. The van der Waals surface area contributed by atoms with Gasteiger partial charge in [0, 0.05) is 23.2 Å². The Bertz CT molecular complexity index is 617. The summed E-state index contributed by atoms with van der Waals surface area (Å²) in [5, 5.41) is 2.18. The molecule has 3 heteroatoms. The Morgan fingerprint density at radius 2 is 2.05 bits per heavy atom. The number of hydrogen-bond acceptors (Lipinski definition) is 3. The molecule has 0 saturated heterocycles. The van der Waals surface area contributed by atoms with Crippen molar-refractivity contribution in [3.05, 3.63) is 51.7 Å². The van der Waals surface area contributed by atoms with Crippen LogP contribution in [0.15, 0.2) is 35.7 Å². The van der Waals surface area contributed by atoms with Gasteiger partial charge in [-0.3, -0.25) is 0 Å². The number of aryl methyl sites for hydroxylation is 1. The van der Waals surface area contributed by atoms with E-state index < -0.39 is 0 Å². The molecule has 1 aliphatic rings. The third-order valence-electron chi connectivity index (χ3n) is 4.38. The first-order valence-corrected chi connectivity index (χ1v) is 8.60.